The number of hydrogen-bond acceptors (Lipinski definition) is 4. The highest BCUT2D eigenvalue weighted by atomic mass is 16.5. The minimum atomic E-state index is 0.675. The van der Waals surface area contributed by atoms with Crippen LogP contribution in [0.25, 0.3) is 0 Å². The van der Waals surface area contributed by atoms with Crippen LogP contribution in [0.4, 0.5) is 0 Å². The first-order valence-electron chi connectivity index (χ1n) is 8.07. The molecule has 1 aromatic rings. The van der Waals surface area contributed by atoms with Crippen LogP contribution in [0.2, 0.25) is 0 Å². The van der Waals surface area contributed by atoms with Gasteiger partial charge in [0.2, 0.25) is 0 Å². The fourth-order valence-electron chi connectivity index (χ4n) is 2.81. The maximum Gasteiger partial charge on any atom is 0.164 e. The molecule has 118 valence electrons. The van der Waals surface area contributed by atoms with Crippen LogP contribution in [-0.2, 0) is 6.42 Å². The summed E-state index contributed by atoms with van der Waals surface area (Å²) in [5.41, 5.74) is 1.26. The lowest BCUT2D eigenvalue weighted by atomic mass is 10.1. The molecule has 1 saturated heterocycles. The number of methoxy groups -OCH3 is 1. The van der Waals surface area contributed by atoms with E-state index in [2.05, 4.69) is 16.3 Å². The van der Waals surface area contributed by atoms with Gasteiger partial charge in [-0.3, -0.25) is 0 Å². The van der Waals surface area contributed by atoms with Crippen LogP contribution in [0.15, 0.2) is 18.2 Å². The number of piperazine rings is 1. The van der Waals surface area contributed by atoms with Gasteiger partial charge in [-0.15, -0.1) is 0 Å². The fourth-order valence-corrected chi connectivity index (χ4v) is 2.81. The van der Waals surface area contributed by atoms with E-state index in [0.29, 0.717) is 6.61 Å². The molecule has 1 aliphatic rings. The summed E-state index contributed by atoms with van der Waals surface area (Å²) in [6.45, 7) is 8.52. The highest BCUT2D eigenvalue weighted by Crippen LogP contribution is 2.32. The van der Waals surface area contributed by atoms with E-state index in [9.17, 15) is 0 Å². The van der Waals surface area contributed by atoms with E-state index in [4.69, 9.17) is 9.47 Å². The second kappa shape index (κ2) is 8.90. The zero-order valence-corrected chi connectivity index (χ0v) is 13.4. The number of aryl methyl sites for hydroxylation is 1. The van der Waals surface area contributed by atoms with Gasteiger partial charge in [0.05, 0.1) is 13.7 Å². The number of benzene rings is 1. The predicted molar refractivity (Wildman–Crippen MR) is 86.4 cm³/mol. The average Bonchev–Trinajstić information content (AvgIpc) is 2.54. The summed E-state index contributed by atoms with van der Waals surface area (Å²) in [7, 11) is 1.70. The third-order valence-corrected chi connectivity index (χ3v) is 3.95. The Bertz CT molecular complexity index is 417. The van der Waals surface area contributed by atoms with Crippen molar-refractivity contribution in [3.63, 3.8) is 0 Å². The van der Waals surface area contributed by atoms with Crippen LogP contribution in [0, 0.1) is 0 Å². The normalized spacial score (nSPS) is 15.9. The van der Waals surface area contributed by atoms with Crippen molar-refractivity contribution in [1.82, 2.24) is 10.2 Å². The lowest BCUT2D eigenvalue weighted by Gasteiger charge is -2.27. The van der Waals surface area contributed by atoms with Gasteiger partial charge in [-0.05, 0) is 44.4 Å². The summed E-state index contributed by atoms with van der Waals surface area (Å²) in [5.74, 6) is 1.76. The molecule has 1 aromatic carbocycles. The molecule has 0 bridgehead atoms. The fraction of sp³-hybridized carbons (Fsp3) is 0.647. The van der Waals surface area contributed by atoms with Crippen LogP contribution in [0.3, 0.4) is 0 Å². The maximum absolute atomic E-state index is 5.76. The number of ether oxygens (including phenoxy) is 2. The molecule has 2 rings (SSSR count). The number of para-hydroxylation sites is 1. The van der Waals surface area contributed by atoms with E-state index in [1.165, 1.54) is 38.0 Å². The molecule has 0 saturated carbocycles. The average molecular weight is 292 g/mol. The molecule has 4 heteroatoms. The molecule has 0 unspecified atom stereocenters. The van der Waals surface area contributed by atoms with Gasteiger partial charge in [-0.2, -0.15) is 0 Å². The Balaban J connectivity index is 1.81. The van der Waals surface area contributed by atoms with Gasteiger partial charge in [-0.25, -0.2) is 0 Å². The van der Waals surface area contributed by atoms with E-state index < -0.39 is 0 Å². The van der Waals surface area contributed by atoms with Gasteiger partial charge in [0.15, 0.2) is 11.5 Å². The van der Waals surface area contributed by atoms with Gasteiger partial charge in [0.25, 0.3) is 0 Å². The van der Waals surface area contributed by atoms with Crippen LogP contribution >= 0.6 is 0 Å². The molecule has 0 aliphatic carbocycles. The first-order valence-corrected chi connectivity index (χ1v) is 8.07. The van der Waals surface area contributed by atoms with Gasteiger partial charge in [-0.1, -0.05) is 12.1 Å². The third-order valence-electron chi connectivity index (χ3n) is 3.95. The highest BCUT2D eigenvalue weighted by molar-refractivity contribution is 5.46. The van der Waals surface area contributed by atoms with Gasteiger partial charge >= 0.3 is 0 Å². The number of nitrogens with one attached hydrogen (secondary N) is 1. The molecule has 0 aromatic heterocycles. The van der Waals surface area contributed by atoms with Crippen molar-refractivity contribution in [2.45, 2.75) is 26.2 Å². The number of nitrogens with zero attached hydrogens (tertiary/aromatic N) is 1. The summed E-state index contributed by atoms with van der Waals surface area (Å²) >= 11 is 0. The first kappa shape index (κ1) is 16.1. The summed E-state index contributed by atoms with van der Waals surface area (Å²) in [6.07, 6.45) is 3.48. The van der Waals surface area contributed by atoms with E-state index in [-0.39, 0.29) is 0 Å². The van der Waals surface area contributed by atoms with Crippen LogP contribution < -0.4 is 14.8 Å². The summed E-state index contributed by atoms with van der Waals surface area (Å²) in [6, 6.07) is 6.17. The highest BCUT2D eigenvalue weighted by Gasteiger charge is 2.11. The summed E-state index contributed by atoms with van der Waals surface area (Å²) in [5, 5.41) is 3.39. The molecule has 0 amide bonds. The Labute approximate surface area is 128 Å². The molecule has 1 heterocycles. The summed E-state index contributed by atoms with van der Waals surface area (Å²) in [4.78, 5) is 2.55. The van der Waals surface area contributed by atoms with Crippen molar-refractivity contribution < 1.29 is 9.47 Å². The molecule has 0 spiro atoms. The van der Waals surface area contributed by atoms with Crippen LogP contribution in [-0.4, -0.2) is 51.3 Å². The Kier molecular flexibility index (Phi) is 6.83. The molecular formula is C17H28N2O2. The van der Waals surface area contributed by atoms with E-state index in [0.717, 1.165) is 31.0 Å². The Morgan fingerprint density at radius 3 is 2.71 bits per heavy atom. The SMILES string of the molecule is CCOc1c(CCCCN2CCNCC2)cccc1OC. The monoisotopic (exact) mass is 292 g/mol. The largest absolute Gasteiger partial charge is 0.493 e. The predicted octanol–water partition coefficient (Wildman–Crippen LogP) is 2.32. The molecule has 4 nitrogen and oxygen atoms in total. The molecule has 1 N–H and O–H groups in total. The zero-order valence-electron chi connectivity index (χ0n) is 13.4. The minimum absolute atomic E-state index is 0.675. The van der Waals surface area contributed by atoms with Crippen molar-refractivity contribution in [2.24, 2.45) is 0 Å². The summed E-state index contributed by atoms with van der Waals surface area (Å²) < 4.78 is 11.2. The molecule has 1 aliphatic heterocycles. The lowest BCUT2D eigenvalue weighted by Crippen LogP contribution is -2.43. The topological polar surface area (TPSA) is 33.7 Å². The Hall–Kier alpha value is -1.26. The lowest BCUT2D eigenvalue weighted by molar-refractivity contribution is 0.236. The molecule has 1 fully saturated rings. The molecule has 0 atom stereocenters. The number of rotatable bonds is 8. The third kappa shape index (κ3) is 4.90. The molecule has 21 heavy (non-hydrogen) atoms. The first-order chi connectivity index (χ1) is 10.3. The standard InChI is InChI=1S/C17H28N2O2/c1-3-21-17-15(8-6-9-16(17)20-2)7-4-5-12-19-13-10-18-11-14-19/h6,8-9,18H,3-5,7,10-14H2,1-2H3. The van der Waals surface area contributed by atoms with Crippen molar-refractivity contribution in [1.29, 1.82) is 0 Å². The van der Waals surface area contributed by atoms with Crippen LogP contribution in [0.5, 0.6) is 11.5 Å². The van der Waals surface area contributed by atoms with E-state index >= 15 is 0 Å². The second-order valence-corrected chi connectivity index (χ2v) is 5.43. The van der Waals surface area contributed by atoms with E-state index in [1.54, 1.807) is 7.11 Å². The molecular weight excluding hydrogens is 264 g/mol. The number of hydrogen-bond donors (Lipinski definition) is 1. The smallest absolute Gasteiger partial charge is 0.164 e. The van der Waals surface area contributed by atoms with Crippen molar-refractivity contribution in [2.75, 3.05) is 46.4 Å². The zero-order chi connectivity index (χ0) is 14.9. The van der Waals surface area contributed by atoms with Gasteiger partial charge < -0.3 is 19.7 Å². The maximum atomic E-state index is 5.76. The quantitative estimate of drug-likeness (QED) is 0.746. The molecule has 0 radical (unpaired) electrons. The van der Waals surface area contributed by atoms with Crippen LogP contribution in [0.1, 0.15) is 25.3 Å². The Morgan fingerprint density at radius 1 is 1.19 bits per heavy atom. The van der Waals surface area contributed by atoms with Crippen molar-refractivity contribution in [3.05, 3.63) is 23.8 Å². The number of unbranched alkanes of at least 4 members (excludes halogenated alkanes) is 1. The van der Waals surface area contributed by atoms with Crippen molar-refractivity contribution in [3.8, 4) is 11.5 Å². The minimum Gasteiger partial charge on any atom is -0.493 e. The second-order valence-electron chi connectivity index (χ2n) is 5.43. The van der Waals surface area contributed by atoms with E-state index in [1.807, 2.05) is 19.1 Å². The Morgan fingerprint density at radius 2 is 2.00 bits per heavy atom. The van der Waals surface area contributed by atoms with Gasteiger partial charge in [0.1, 0.15) is 0 Å². The van der Waals surface area contributed by atoms with Gasteiger partial charge in [0, 0.05) is 26.2 Å². The van der Waals surface area contributed by atoms with Crippen molar-refractivity contribution >= 4 is 0 Å².